The number of alkyl halides is 3. The Balaban J connectivity index is 1.91. The molecule has 0 spiro atoms. The van der Waals surface area contributed by atoms with Crippen molar-refractivity contribution in [3.05, 3.63) is 48.5 Å². The molecular formula is C23H35F3O4Si3. The van der Waals surface area contributed by atoms with Gasteiger partial charge in [-0.2, -0.15) is 0 Å². The van der Waals surface area contributed by atoms with Gasteiger partial charge >= 0.3 is 14.9 Å². The molecule has 10 heteroatoms. The van der Waals surface area contributed by atoms with E-state index in [-0.39, 0.29) is 5.75 Å². The van der Waals surface area contributed by atoms with Crippen LogP contribution in [-0.2, 0) is 8.23 Å². The highest BCUT2D eigenvalue weighted by Crippen LogP contribution is 2.28. The van der Waals surface area contributed by atoms with Gasteiger partial charge in [0.1, 0.15) is 11.5 Å². The molecule has 2 aromatic rings. The van der Waals surface area contributed by atoms with Crippen molar-refractivity contribution in [3.63, 3.8) is 0 Å². The van der Waals surface area contributed by atoms with Crippen LogP contribution in [0.15, 0.2) is 48.5 Å². The highest BCUT2D eigenvalue weighted by Gasteiger charge is 2.39. The standard InChI is InChI=1S/C23H35F3O4Si3/c1-31(2,3)29-33(7,30-32(4,5)6)18-8-17-27-21-13-9-19(10-14-21)20-11-15-22(16-12-20)28-23(24,25)26/h9-16H,8,17-18H2,1-7H3. The smallest absolute Gasteiger partial charge is 0.494 e. The van der Waals surface area contributed by atoms with E-state index >= 15 is 0 Å². The van der Waals surface area contributed by atoms with Crippen molar-refractivity contribution < 1.29 is 30.9 Å². The zero-order chi connectivity index (χ0) is 24.9. The van der Waals surface area contributed by atoms with Crippen LogP contribution < -0.4 is 9.47 Å². The molecule has 0 aromatic heterocycles. The third-order valence-corrected chi connectivity index (χ3v) is 14.0. The number of rotatable bonds is 11. The summed E-state index contributed by atoms with van der Waals surface area (Å²) in [6, 6.07) is 14.2. The van der Waals surface area contributed by atoms with Gasteiger partial charge in [0.05, 0.1) is 6.61 Å². The lowest BCUT2D eigenvalue weighted by Crippen LogP contribution is -2.52. The fourth-order valence-corrected chi connectivity index (χ4v) is 16.1. The van der Waals surface area contributed by atoms with Gasteiger partial charge in [-0.05, 0) is 93.7 Å². The third-order valence-electron chi connectivity index (χ3n) is 4.36. The van der Waals surface area contributed by atoms with Crippen LogP contribution in [-0.4, -0.2) is 38.2 Å². The summed E-state index contributed by atoms with van der Waals surface area (Å²) in [5.41, 5.74) is 1.68. The third kappa shape index (κ3) is 10.9. The quantitative estimate of drug-likeness (QED) is 0.226. The molecule has 0 aliphatic rings. The number of hydrogen-bond acceptors (Lipinski definition) is 4. The maximum Gasteiger partial charge on any atom is 0.573 e. The lowest BCUT2D eigenvalue weighted by molar-refractivity contribution is -0.274. The summed E-state index contributed by atoms with van der Waals surface area (Å²) in [6.07, 6.45) is -3.85. The van der Waals surface area contributed by atoms with Gasteiger partial charge in [0.25, 0.3) is 0 Å². The van der Waals surface area contributed by atoms with E-state index in [2.05, 4.69) is 50.6 Å². The highest BCUT2D eigenvalue weighted by molar-refractivity contribution is 6.87. The Kier molecular flexibility index (Phi) is 9.02. The van der Waals surface area contributed by atoms with Crippen molar-refractivity contribution in [1.82, 2.24) is 0 Å². The first-order valence-electron chi connectivity index (χ1n) is 11.0. The number of benzene rings is 2. The monoisotopic (exact) mass is 516 g/mol. The van der Waals surface area contributed by atoms with Crippen molar-refractivity contribution in [1.29, 1.82) is 0 Å². The van der Waals surface area contributed by atoms with Crippen molar-refractivity contribution in [2.24, 2.45) is 0 Å². The fourth-order valence-electron chi connectivity index (χ4n) is 3.59. The zero-order valence-electron chi connectivity index (χ0n) is 20.5. The van der Waals surface area contributed by atoms with Gasteiger partial charge in [-0.1, -0.05) is 24.3 Å². The molecule has 0 unspecified atom stereocenters. The first-order valence-corrected chi connectivity index (χ1v) is 20.4. The molecule has 0 radical (unpaired) electrons. The molecule has 2 aromatic carbocycles. The van der Waals surface area contributed by atoms with Gasteiger partial charge in [0.15, 0.2) is 16.6 Å². The minimum absolute atomic E-state index is 0.238. The predicted octanol–water partition coefficient (Wildman–Crippen LogP) is 7.80. The van der Waals surface area contributed by atoms with Gasteiger partial charge in [0, 0.05) is 0 Å². The summed E-state index contributed by atoms with van der Waals surface area (Å²) < 4.78 is 59.8. The van der Waals surface area contributed by atoms with Gasteiger partial charge < -0.3 is 17.7 Å². The van der Waals surface area contributed by atoms with Gasteiger partial charge in [0.2, 0.25) is 0 Å². The van der Waals surface area contributed by atoms with Gasteiger partial charge in [-0.3, -0.25) is 0 Å². The minimum Gasteiger partial charge on any atom is -0.494 e. The molecule has 0 amide bonds. The summed E-state index contributed by atoms with van der Waals surface area (Å²) in [7, 11) is -5.70. The van der Waals surface area contributed by atoms with Crippen LogP contribution in [0.2, 0.25) is 51.9 Å². The van der Waals surface area contributed by atoms with Crippen LogP contribution in [0, 0.1) is 0 Å². The summed E-state index contributed by atoms with van der Waals surface area (Å²) in [4.78, 5) is 0. The second kappa shape index (κ2) is 10.8. The second-order valence-corrected chi connectivity index (χ2v) is 23.0. The van der Waals surface area contributed by atoms with Crippen LogP contribution in [0.3, 0.4) is 0 Å². The van der Waals surface area contributed by atoms with E-state index in [1.807, 2.05) is 24.3 Å². The molecule has 33 heavy (non-hydrogen) atoms. The molecule has 0 saturated heterocycles. The Bertz CT molecular complexity index is 858. The number of hydrogen-bond donors (Lipinski definition) is 0. The van der Waals surface area contributed by atoms with E-state index in [4.69, 9.17) is 13.0 Å². The molecule has 0 fully saturated rings. The van der Waals surface area contributed by atoms with E-state index in [0.29, 0.717) is 6.61 Å². The van der Waals surface area contributed by atoms with E-state index in [1.54, 1.807) is 12.1 Å². The molecule has 184 valence electrons. The molecular weight excluding hydrogens is 482 g/mol. The lowest BCUT2D eigenvalue weighted by Gasteiger charge is -2.38. The molecule has 0 saturated carbocycles. The lowest BCUT2D eigenvalue weighted by atomic mass is 10.1. The van der Waals surface area contributed by atoms with Gasteiger partial charge in [-0.15, -0.1) is 13.2 Å². The fraction of sp³-hybridized carbons (Fsp3) is 0.478. The molecule has 0 heterocycles. The first kappa shape index (κ1) is 27.6. The van der Waals surface area contributed by atoms with Crippen molar-refractivity contribution in [3.8, 4) is 22.6 Å². The molecule has 0 aliphatic heterocycles. The average Bonchev–Trinajstić information content (AvgIpc) is 2.62. The second-order valence-electron chi connectivity index (χ2n) is 10.1. The Hall–Kier alpha value is -1.60. The van der Waals surface area contributed by atoms with Crippen LogP contribution in [0.25, 0.3) is 11.1 Å². The summed E-state index contributed by atoms with van der Waals surface area (Å²) in [5, 5.41) is 0. The van der Waals surface area contributed by atoms with Crippen molar-refractivity contribution in [2.45, 2.75) is 64.7 Å². The Labute approximate surface area is 198 Å². The van der Waals surface area contributed by atoms with Gasteiger partial charge in [-0.25, -0.2) is 0 Å². The maximum atomic E-state index is 12.3. The van der Waals surface area contributed by atoms with Crippen molar-refractivity contribution >= 4 is 25.2 Å². The largest absolute Gasteiger partial charge is 0.573 e. The van der Waals surface area contributed by atoms with Crippen LogP contribution >= 0.6 is 0 Å². The first-order chi connectivity index (χ1) is 15.0. The molecule has 0 atom stereocenters. The summed E-state index contributed by atoms with van der Waals surface area (Å²) in [5.74, 6) is 0.509. The highest BCUT2D eigenvalue weighted by atomic mass is 28.5. The van der Waals surface area contributed by atoms with E-state index < -0.39 is 31.6 Å². The van der Waals surface area contributed by atoms with Crippen LogP contribution in [0.5, 0.6) is 11.5 Å². The molecule has 0 bridgehead atoms. The molecule has 4 nitrogen and oxygen atoms in total. The molecule has 2 rings (SSSR count). The maximum absolute atomic E-state index is 12.3. The van der Waals surface area contributed by atoms with E-state index in [9.17, 15) is 13.2 Å². The SMILES string of the molecule is C[Si](C)(C)O[Si](C)(CCCOc1ccc(-c2ccc(OC(F)(F)F)cc2)cc1)O[Si](C)(C)C. The topological polar surface area (TPSA) is 36.9 Å². The molecule has 0 aliphatic carbocycles. The van der Waals surface area contributed by atoms with E-state index in [1.165, 1.54) is 12.1 Å². The predicted molar refractivity (Wildman–Crippen MR) is 134 cm³/mol. The summed E-state index contributed by atoms with van der Waals surface area (Å²) in [6.45, 7) is 15.9. The Morgan fingerprint density at radius 1 is 0.667 bits per heavy atom. The minimum atomic E-state index is -4.69. The number of halogens is 3. The summed E-state index contributed by atoms with van der Waals surface area (Å²) >= 11 is 0. The normalized spacial score (nSPS) is 13.2. The Morgan fingerprint density at radius 2 is 1.09 bits per heavy atom. The van der Waals surface area contributed by atoms with Crippen LogP contribution in [0.4, 0.5) is 13.2 Å². The van der Waals surface area contributed by atoms with Crippen LogP contribution in [0.1, 0.15) is 6.42 Å². The van der Waals surface area contributed by atoms with Crippen molar-refractivity contribution in [2.75, 3.05) is 6.61 Å². The molecule has 0 N–H and O–H groups in total. The number of ether oxygens (including phenoxy) is 2. The Morgan fingerprint density at radius 3 is 1.48 bits per heavy atom. The average molecular weight is 517 g/mol. The van der Waals surface area contributed by atoms with E-state index in [0.717, 1.165) is 29.3 Å². The zero-order valence-corrected chi connectivity index (χ0v) is 23.5.